The predicted molar refractivity (Wildman–Crippen MR) is 88.8 cm³/mol. The average Bonchev–Trinajstić information content (AvgIpc) is 2.50. The van der Waals surface area contributed by atoms with Crippen LogP contribution >= 0.6 is 0 Å². The van der Waals surface area contributed by atoms with E-state index in [1.54, 1.807) is 12.1 Å². The number of carbonyl (C=O) groups is 2. The van der Waals surface area contributed by atoms with Gasteiger partial charge in [0.2, 0.25) is 11.8 Å². The standard InChI is InChI=1S/C18H20N2O2/c1-3-15(14-9-5-4-6-10-14)18(22)20-17-12-8-7-11-16(17)19-13(2)21/h4-12,15H,3H2,1-2H3,(H,19,21)(H,20,22)/t15-/m0/s1. The van der Waals surface area contributed by atoms with Crippen molar-refractivity contribution in [2.75, 3.05) is 10.6 Å². The number of nitrogens with one attached hydrogen (secondary N) is 2. The number of amides is 2. The highest BCUT2D eigenvalue weighted by molar-refractivity contribution is 6.01. The Morgan fingerprint density at radius 1 is 0.909 bits per heavy atom. The minimum atomic E-state index is -0.216. The van der Waals surface area contributed by atoms with Gasteiger partial charge >= 0.3 is 0 Å². The maximum Gasteiger partial charge on any atom is 0.231 e. The summed E-state index contributed by atoms with van der Waals surface area (Å²) in [5.41, 5.74) is 2.20. The second-order valence-corrected chi connectivity index (χ2v) is 5.09. The quantitative estimate of drug-likeness (QED) is 0.882. The molecule has 0 radical (unpaired) electrons. The van der Waals surface area contributed by atoms with Crippen molar-refractivity contribution in [3.05, 3.63) is 60.2 Å². The van der Waals surface area contributed by atoms with Gasteiger partial charge in [0.05, 0.1) is 17.3 Å². The summed E-state index contributed by atoms with van der Waals surface area (Å²) in [6.07, 6.45) is 0.706. The van der Waals surface area contributed by atoms with E-state index in [0.717, 1.165) is 5.56 Å². The van der Waals surface area contributed by atoms with Crippen LogP contribution in [0, 0.1) is 0 Å². The molecule has 2 N–H and O–H groups in total. The third-order valence-corrected chi connectivity index (χ3v) is 3.42. The van der Waals surface area contributed by atoms with Crippen LogP contribution in [0.25, 0.3) is 0 Å². The number of rotatable bonds is 5. The van der Waals surface area contributed by atoms with E-state index in [0.29, 0.717) is 17.8 Å². The molecule has 0 unspecified atom stereocenters. The average molecular weight is 296 g/mol. The number of para-hydroxylation sites is 2. The molecule has 2 aromatic carbocycles. The number of hydrogen-bond acceptors (Lipinski definition) is 2. The highest BCUT2D eigenvalue weighted by Crippen LogP contribution is 2.25. The summed E-state index contributed by atoms with van der Waals surface area (Å²) >= 11 is 0. The van der Waals surface area contributed by atoms with Crippen LogP contribution < -0.4 is 10.6 Å². The van der Waals surface area contributed by atoms with E-state index in [1.165, 1.54) is 6.92 Å². The van der Waals surface area contributed by atoms with Crippen molar-refractivity contribution in [3.8, 4) is 0 Å². The van der Waals surface area contributed by atoms with Gasteiger partial charge in [0.1, 0.15) is 0 Å². The Morgan fingerprint density at radius 3 is 2.00 bits per heavy atom. The Balaban J connectivity index is 2.19. The van der Waals surface area contributed by atoms with Gasteiger partial charge < -0.3 is 10.6 Å². The first-order valence-electron chi connectivity index (χ1n) is 7.34. The van der Waals surface area contributed by atoms with Crippen molar-refractivity contribution in [1.29, 1.82) is 0 Å². The summed E-state index contributed by atoms with van der Waals surface area (Å²) in [6.45, 7) is 3.42. The molecule has 114 valence electrons. The zero-order valence-corrected chi connectivity index (χ0v) is 12.8. The predicted octanol–water partition coefficient (Wildman–Crippen LogP) is 3.78. The zero-order valence-electron chi connectivity index (χ0n) is 12.8. The molecule has 0 bridgehead atoms. The molecule has 0 aromatic heterocycles. The molecule has 0 aliphatic carbocycles. The van der Waals surface area contributed by atoms with E-state index in [4.69, 9.17) is 0 Å². The van der Waals surface area contributed by atoms with E-state index in [9.17, 15) is 9.59 Å². The lowest BCUT2D eigenvalue weighted by Gasteiger charge is -2.17. The van der Waals surface area contributed by atoms with Gasteiger partial charge in [0, 0.05) is 6.92 Å². The fourth-order valence-electron chi connectivity index (χ4n) is 2.37. The lowest BCUT2D eigenvalue weighted by atomic mass is 9.95. The Bertz CT molecular complexity index is 653. The lowest BCUT2D eigenvalue weighted by Crippen LogP contribution is -2.21. The third kappa shape index (κ3) is 3.95. The fraction of sp³-hybridized carbons (Fsp3) is 0.222. The second-order valence-electron chi connectivity index (χ2n) is 5.09. The summed E-state index contributed by atoms with van der Waals surface area (Å²) in [5, 5.41) is 5.63. The largest absolute Gasteiger partial charge is 0.325 e. The fourth-order valence-corrected chi connectivity index (χ4v) is 2.37. The van der Waals surface area contributed by atoms with Gasteiger partial charge in [0.15, 0.2) is 0 Å². The highest BCUT2D eigenvalue weighted by Gasteiger charge is 2.19. The third-order valence-electron chi connectivity index (χ3n) is 3.42. The number of benzene rings is 2. The molecule has 0 fully saturated rings. The Labute approximate surface area is 130 Å². The molecule has 4 nitrogen and oxygen atoms in total. The maximum atomic E-state index is 12.6. The van der Waals surface area contributed by atoms with E-state index in [2.05, 4.69) is 10.6 Å². The first kappa shape index (κ1) is 15.8. The first-order valence-corrected chi connectivity index (χ1v) is 7.34. The summed E-state index contributed by atoms with van der Waals surface area (Å²) < 4.78 is 0. The summed E-state index contributed by atoms with van der Waals surface area (Å²) in [4.78, 5) is 23.8. The second kappa shape index (κ2) is 7.41. The van der Waals surface area contributed by atoms with Crippen LogP contribution in [0.4, 0.5) is 11.4 Å². The van der Waals surface area contributed by atoms with Crippen molar-refractivity contribution < 1.29 is 9.59 Å². The number of carbonyl (C=O) groups excluding carboxylic acids is 2. The van der Waals surface area contributed by atoms with E-state index >= 15 is 0 Å². The number of hydrogen-bond donors (Lipinski definition) is 2. The Morgan fingerprint density at radius 2 is 1.45 bits per heavy atom. The molecule has 0 aliphatic heterocycles. The van der Waals surface area contributed by atoms with E-state index in [1.807, 2.05) is 49.4 Å². The summed E-state index contributed by atoms with van der Waals surface area (Å²) in [7, 11) is 0. The number of anilines is 2. The van der Waals surface area contributed by atoms with Gasteiger partial charge in [-0.25, -0.2) is 0 Å². The van der Waals surface area contributed by atoms with Crippen molar-refractivity contribution in [2.24, 2.45) is 0 Å². The molecule has 0 aliphatic rings. The highest BCUT2D eigenvalue weighted by atomic mass is 16.2. The van der Waals surface area contributed by atoms with E-state index in [-0.39, 0.29) is 17.7 Å². The van der Waals surface area contributed by atoms with Gasteiger partial charge in [-0.15, -0.1) is 0 Å². The molecule has 0 heterocycles. The van der Waals surface area contributed by atoms with Gasteiger partial charge in [-0.2, -0.15) is 0 Å². The molecule has 2 amide bonds. The lowest BCUT2D eigenvalue weighted by molar-refractivity contribution is -0.117. The van der Waals surface area contributed by atoms with Crippen molar-refractivity contribution in [3.63, 3.8) is 0 Å². The van der Waals surface area contributed by atoms with Crippen molar-refractivity contribution in [2.45, 2.75) is 26.2 Å². The van der Waals surface area contributed by atoms with Crippen LogP contribution in [0.15, 0.2) is 54.6 Å². The molecule has 1 atom stereocenters. The minimum Gasteiger partial charge on any atom is -0.325 e. The molecular weight excluding hydrogens is 276 g/mol. The van der Waals surface area contributed by atoms with Crippen LogP contribution in [-0.4, -0.2) is 11.8 Å². The normalized spacial score (nSPS) is 11.5. The van der Waals surface area contributed by atoms with Gasteiger partial charge in [-0.3, -0.25) is 9.59 Å². The molecule has 4 heteroatoms. The minimum absolute atomic E-state index is 0.0773. The van der Waals surface area contributed by atoms with Gasteiger partial charge in [-0.1, -0.05) is 49.4 Å². The van der Waals surface area contributed by atoms with Crippen LogP contribution in [-0.2, 0) is 9.59 Å². The molecular formula is C18H20N2O2. The topological polar surface area (TPSA) is 58.2 Å². The zero-order chi connectivity index (χ0) is 15.9. The van der Waals surface area contributed by atoms with Crippen molar-refractivity contribution in [1.82, 2.24) is 0 Å². The van der Waals surface area contributed by atoms with Crippen LogP contribution in [0.5, 0.6) is 0 Å². The van der Waals surface area contributed by atoms with Gasteiger partial charge in [0.25, 0.3) is 0 Å². The molecule has 0 saturated heterocycles. The SMILES string of the molecule is CC[C@H](C(=O)Nc1ccccc1NC(C)=O)c1ccccc1. The Hall–Kier alpha value is -2.62. The molecule has 2 aromatic rings. The smallest absolute Gasteiger partial charge is 0.231 e. The maximum absolute atomic E-state index is 12.6. The van der Waals surface area contributed by atoms with Crippen LogP contribution in [0.3, 0.4) is 0 Å². The molecule has 22 heavy (non-hydrogen) atoms. The molecule has 2 rings (SSSR count). The molecule has 0 saturated carbocycles. The van der Waals surface area contributed by atoms with E-state index < -0.39 is 0 Å². The van der Waals surface area contributed by atoms with Gasteiger partial charge in [-0.05, 0) is 24.1 Å². The summed E-state index contributed by atoms with van der Waals surface area (Å²) in [5.74, 6) is -0.463. The summed E-state index contributed by atoms with van der Waals surface area (Å²) in [6, 6.07) is 16.9. The molecule has 0 spiro atoms. The van der Waals surface area contributed by atoms with Crippen LogP contribution in [0.1, 0.15) is 31.7 Å². The Kier molecular flexibility index (Phi) is 5.31. The van der Waals surface area contributed by atoms with Crippen molar-refractivity contribution >= 4 is 23.2 Å². The van der Waals surface area contributed by atoms with Crippen LogP contribution in [0.2, 0.25) is 0 Å². The monoisotopic (exact) mass is 296 g/mol. The first-order chi connectivity index (χ1) is 10.6.